The van der Waals surface area contributed by atoms with E-state index < -0.39 is 0 Å². The molecule has 2 aromatic rings. The van der Waals surface area contributed by atoms with Crippen molar-refractivity contribution in [1.82, 2.24) is 5.32 Å². The number of halogens is 1. The molecule has 6 heteroatoms. The number of carbonyl (C=O) groups excluding carboxylic acids is 2. The minimum Gasteiger partial charge on any atom is -0.376 e. The summed E-state index contributed by atoms with van der Waals surface area (Å²) in [4.78, 5) is 23.8. The Morgan fingerprint density at radius 2 is 1.64 bits per heavy atom. The van der Waals surface area contributed by atoms with Crippen LogP contribution in [-0.2, 0) is 4.79 Å². The smallest absolute Gasteiger partial charge is 0.253 e. The van der Waals surface area contributed by atoms with E-state index in [9.17, 15) is 9.59 Å². The van der Waals surface area contributed by atoms with E-state index in [0.29, 0.717) is 16.9 Å². The first-order chi connectivity index (χ1) is 10.6. The van der Waals surface area contributed by atoms with Crippen molar-refractivity contribution in [2.24, 2.45) is 0 Å². The average molecular weight is 362 g/mol. The summed E-state index contributed by atoms with van der Waals surface area (Å²) in [7, 11) is 1.57. The fourth-order valence-corrected chi connectivity index (χ4v) is 2.29. The van der Waals surface area contributed by atoms with Gasteiger partial charge in [0.2, 0.25) is 5.91 Å². The number of para-hydroxylation sites is 2. The van der Waals surface area contributed by atoms with E-state index in [0.717, 1.165) is 4.47 Å². The maximum Gasteiger partial charge on any atom is 0.253 e. The van der Waals surface area contributed by atoms with Crippen molar-refractivity contribution >= 4 is 39.1 Å². The summed E-state index contributed by atoms with van der Waals surface area (Å²) in [5.74, 6) is -0.395. The largest absolute Gasteiger partial charge is 0.376 e. The van der Waals surface area contributed by atoms with Crippen molar-refractivity contribution in [3.63, 3.8) is 0 Å². The van der Waals surface area contributed by atoms with Gasteiger partial charge in [0.1, 0.15) is 0 Å². The van der Waals surface area contributed by atoms with E-state index in [4.69, 9.17) is 0 Å². The van der Waals surface area contributed by atoms with Crippen LogP contribution in [-0.4, -0.2) is 25.4 Å². The second-order valence-electron chi connectivity index (χ2n) is 4.51. The zero-order valence-electron chi connectivity index (χ0n) is 12.0. The van der Waals surface area contributed by atoms with E-state index in [-0.39, 0.29) is 18.4 Å². The molecule has 0 aromatic heterocycles. The molecule has 0 heterocycles. The predicted octanol–water partition coefficient (Wildman–Crippen LogP) is 2.86. The first kappa shape index (κ1) is 16.0. The van der Waals surface area contributed by atoms with Gasteiger partial charge in [-0.15, -0.1) is 0 Å². The van der Waals surface area contributed by atoms with Crippen molar-refractivity contribution in [2.75, 3.05) is 24.2 Å². The summed E-state index contributed by atoms with van der Waals surface area (Å²) in [5.41, 5.74) is 1.82. The second kappa shape index (κ2) is 7.61. The Bertz CT molecular complexity index is 689. The van der Waals surface area contributed by atoms with E-state index >= 15 is 0 Å². The van der Waals surface area contributed by atoms with E-state index in [2.05, 4.69) is 31.9 Å². The minimum absolute atomic E-state index is 0.0648. The number of amides is 2. The maximum atomic E-state index is 12.0. The van der Waals surface area contributed by atoms with Gasteiger partial charge in [-0.25, -0.2) is 0 Å². The Labute approximate surface area is 137 Å². The highest BCUT2D eigenvalue weighted by Gasteiger charge is 2.10. The average Bonchev–Trinajstić information content (AvgIpc) is 2.54. The zero-order chi connectivity index (χ0) is 15.9. The van der Waals surface area contributed by atoms with Crippen LogP contribution < -0.4 is 16.0 Å². The number of hydrogen-bond donors (Lipinski definition) is 3. The quantitative estimate of drug-likeness (QED) is 0.766. The lowest BCUT2D eigenvalue weighted by Crippen LogP contribution is -2.24. The third-order valence-electron chi connectivity index (χ3n) is 2.99. The molecule has 0 saturated heterocycles. The van der Waals surface area contributed by atoms with Crippen LogP contribution in [0.3, 0.4) is 0 Å². The van der Waals surface area contributed by atoms with Gasteiger partial charge in [-0.1, -0.05) is 24.3 Å². The van der Waals surface area contributed by atoms with Crippen LogP contribution in [0.2, 0.25) is 0 Å². The van der Waals surface area contributed by atoms with Gasteiger partial charge >= 0.3 is 0 Å². The molecular formula is C16H16BrN3O2. The molecule has 0 aliphatic carbocycles. The molecule has 2 amide bonds. The lowest BCUT2D eigenvalue weighted by Gasteiger charge is -2.12. The monoisotopic (exact) mass is 361 g/mol. The lowest BCUT2D eigenvalue weighted by molar-refractivity contribution is -0.114. The van der Waals surface area contributed by atoms with Crippen molar-refractivity contribution in [3.8, 4) is 0 Å². The van der Waals surface area contributed by atoms with Crippen molar-refractivity contribution in [2.45, 2.75) is 0 Å². The standard InChI is InChI=1S/C16H16BrN3O2/c1-18-16(22)11-6-2-4-8-13(11)19-10-15(21)20-14-9-5-3-7-12(14)17/h2-9,19H,10H2,1H3,(H,18,22)(H,20,21). The highest BCUT2D eigenvalue weighted by molar-refractivity contribution is 9.10. The normalized spacial score (nSPS) is 9.91. The number of nitrogens with one attached hydrogen (secondary N) is 3. The molecule has 0 radical (unpaired) electrons. The van der Waals surface area contributed by atoms with Crippen LogP contribution in [0.5, 0.6) is 0 Å². The third-order valence-corrected chi connectivity index (χ3v) is 3.68. The summed E-state index contributed by atoms with van der Waals surface area (Å²) in [6.45, 7) is 0.0648. The zero-order valence-corrected chi connectivity index (χ0v) is 13.6. The fraction of sp³-hybridized carbons (Fsp3) is 0.125. The molecule has 3 N–H and O–H groups in total. The molecule has 2 aromatic carbocycles. The van der Waals surface area contributed by atoms with Gasteiger partial charge in [-0.2, -0.15) is 0 Å². The first-order valence-electron chi connectivity index (χ1n) is 6.71. The summed E-state index contributed by atoms with van der Waals surface area (Å²) in [6.07, 6.45) is 0. The number of benzene rings is 2. The molecule has 0 saturated carbocycles. The molecule has 0 aliphatic heterocycles. The molecule has 114 valence electrons. The number of rotatable bonds is 5. The molecule has 5 nitrogen and oxygen atoms in total. The third kappa shape index (κ3) is 4.08. The van der Waals surface area contributed by atoms with Gasteiger partial charge in [0.05, 0.1) is 17.8 Å². The van der Waals surface area contributed by atoms with Crippen LogP contribution in [0.4, 0.5) is 11.4 Å². The molecule has 0 bridgehead atoms. The SMILES string of the molecule is CNC(=O)c1ccccc1NCC(=O)Nc1ccccc1Br. The number of carbonyl (C=O) groups is 2. The van der Waals surface area contributed by atoms with Gasteiger partial charge in [0, 0.05) is 17.2 Å². The lowest BCUT2D eigenvalue weighted by atomic mass is 10.1. The van der Waals surface area contributed by atoms with Crippen LogP contribution in [0.1, 0.15) is 10.4 Å². The van der Waals surface area contributed by atoms with Crippen molar-refractivity contribution in [3.05, 3.63) is 58.6 Å². The van der Waals surface area contributed by atoms with Crippen molar-refractivity contribution < 1.29 is 9.59 Å². The molecule has 22 heavy (non-hydrogen) atoms. The first-order valence-corrected chi connectivity index (χ1v) is 7.50. The molecule has 2 rings (SSSR count). The Morgan fingerprint density at radius 1 is 1.00 bits per heavy atom. The van der Waals surface area contributed by atoms with Gasteiger partial charge in [-0.3, -0.25) is 9.59 Å². The highest BCUT2D eigenvalue weighted by atomic mass is 79.9. The van der Waals surface area contributed by atoms with Gasteiger partial charge in [0.25, 0.3) is 5.91 Å². The molecule has 0 aliphatic rings. The molecular weight excluding hydrogens is 346 g/mol. The fourth-order valence-electron chi connectivity index (χ4n) is 1.90. The summed E-state index contributed by atoms with van der Waals surface area (Å²) >= 11 is 3.37. The van der Waals surface area contributed by atoms with Crippen LogP contribution in [0.25, 0.3) is 0 Å². The molecule has 0 unspecified atom stereocenters. The van der Waals surface area contributed by atoms with E-state index in [1.807, 2.05) is 18.2 Å². The van der Waals surface area contributed by atoms with Crippen molar-refractivity contribution in [1.29, 1.82) is 0 Å². The Balaban J connectivity index is 2.00. The Morgan fingerprint density at radius 3 is 2.32 bits per heavy atom. The Hall–Kier alpha value is -2.34. The van der Waals surface area contributed by atoms with Gasteiger partial charge in [-0.05, 0) is 40.2 Å². The molecule has 0 spiro atoms. The minimum atomic E-state index is -0.200. The topological polar surface area (TPSA) is 70.2 Å². The van der Waals surface area contributed by atoms with E-state index in [1.54, 1.807) is 37.4 Å². The second-order valence-corrected chi connectivity index (χ2v) is 5.36. The summed E-state index contributed by atoms with van der Waals surface area (Å²) < 4.78 is 0.814. The van der Waals surface area contributed by atoms with Crippen LogP contribution in [0.15, 0.2) is 53.0 Å². The Kier molecular flexibility index (Phi) is 5.55. The summed E-state index contributed by atoms with van der Waals surface area (Å²) in [6, 6.07) is 14.4. The molecule has 0 atom stereocenters. The van der Waals surface area contributed by atoms with Gasteiger partial charge < -0.3 is 16.0 Å². The van der Waals surface area contributed by atoms with E-state index in [1.165, 1.54) is 0 Å². The number of hydrogen-bond acceptors (Lipinski definition) is 3. The predicted molar refractivity (Wildman–Crippen MR) is 91.1 cm³/mol. The van der Waals surface area contributed by atoms with Crippen LogP contribution >= 0.6 is 15.9 Å². The highest BCUT2D eigenvalue weighted by Crippen LogP contribution is 2.21. The summed E-state index contributed by atoms with van der Waals surface area (Å²) in [5, 5.41) is 8.34. The number of anilines is 2. The molecule has 0 fully saturated rings. The van der Waals surface area contributed by atoms with Gasteiger partial charge in [0.15, 0.2) is 0 Å². The maximum absolute atomic E-state index is 12.0. The van der Waals surface area contributed by atoms with Crippen LogP contribution in [0, 0.1) is 0 Å².